The molecule has 1 aromatic rings. The van der Waals surface area contributed by atoms with Gasteiger partial charge in [0, 0.05) is 16.8 Å². The predicted octanol–water partition coefficient (Wildman–Crippen LogP) is 1.68. The lowest BCUT2D eigenvalue weighted by Gasteiger charge is -2.38. The second kappa shape index (κ2) is 3.81. The monoisotopic (exact) mass is 239 g/mol. The molecule has 2 bridgehead atoms. The molecule has 4 unspecified atom stereocenters. The maximum Gasteiger partial charge on any atom is 0.0975 e. The highest BCUT2D eigenvalue weighted by molar-refractivity contribution is 7.10. The van der Waals surface area contributed by atoms with E-state index >= 15 is 0 Å². The minimum absolute atomic E-state index is 0.152. The topological polar surface area (TPSA) is 55.5 Å². The Bertz CT molecular complexity index is 367. The summed E-state index contributed by atoms with van der Waals surface area (Å²) < 4.78 is 5.86. The Balaban J connectivity index is 1.91. The number of aliphatic hydroxyl groups is 1. The second-order valence-electron chi connectivity index (χ2n) is 4.88. The summed E-state index contributed by atoms with van der Waals surface area (Å²) in [7, 11) is 0. The van der Waals surface area contributed by atoms with Crippen molar-refractivity contribution in [1.82, 2.24) is 0 Å². The zero-order valence-electron chi connectivity index (χ0n) is 9.13. The maximum absolute atomic E-state index is 10.5. The first-order chi connectivity index (χ1) is 7.76. The third-order valence-corrected chi connectivity index (χ3v) is 5.02. The van der Waals surface area contributed by atoms with Crippen molar-refractivity contribution in [3.05, 3.63) is 22.4 Å². The zero-order chi connectivity index (χ0) is 11.2. The van der Waals surface area contributed by atoms with Gasteiger partial charge in [-0.3, -0.25) is 0 Å². The number of hydrogen-bond acceptors (Lipinski definition) is 4. The van der Waals surface area contributed by atoms with Crippen molar-refractivity contribution in [1.29, 1.82) is 0 Å². The molecular weight excluding hydrogens is 222 g/mol. The number of hydrogen-bond donors (Lipinski definition) is 2. The third-order valence-electron chi connectivity index (χ3n) is 4.09. The van der Waals surface area contributed by atoms with Gasteiger partial charge in [-0.2, -0.15) is 0 Å². The van der Waals surface area contributed by atoms with Gasteiger partial charge in [0.15, 0.2) is 0 Å². The van der Waals surface area contributed by atoms with Crippen LogP contribution in [0.4, 0.5) is 0 Å². The van der Waals surface area contributed by atoms with Crippen LogP contribution in [0.5, 0.6) is 0 Å². The van der Waals surface area contributed by atoms with Crippen LogP contribution in [0.25, 0.3) is 0 Å². The van der Waals surface area contributed by atoms with E-state index in [1.165, 1.54) is 0 Å². The molecule has 2 aliphatic rings. The van der Waals surface area contributed by atoms with E-state index in [0.29, 0.717) is 12.6 Å². The van der Waals surface area contributed by atoms with E-state index in [-0.39, 0.29) is 11.5 Å². The van der Waals surface area contributed by atoms with E-state index < -0.39 is 6.10 Å². The molecule has 88 valence electrons. The predicted molar refractivity (Wildman–Crippen MR) is 63.3 cm³/mol. The molecule has 2 saturated heterocycles. The summed E-state index contributed by atoms with van der Waals surface area (Å²) in [6.07, 6.45) is 3.09. The van der Waals surface area contributed by atoms with E-state index in [9.17, 15) is 5.11 Å². The quantitative estimate of drug-likeness (QED) is 0.843. The summed E-state index contributed by atoms with van der Waals surface area (Å²) in [5, 5.41) is 12.5. The molecule has 16 heavy (non-hydrogen) atoms. The number of thiophene rings is 1. The van der Waals surface area contributed by atoms with Crippen molar-refractivity contribution < 1.29 is 9.84 Å². The standard InChI is InChI=1S/C12H17NO2S/c13-7-12(6-8-3-4-10(12)15-8)11(14)9-2-1-5-16-9/h1-2,5,8,10-11,14H,3-4,6-7,13H2. The van der Waals surface area contributed by atoms with Crippen molar-refractivity contribution >= 4 is 11.3 Å². The van der Waals surface area contributed by atoms with Crippen molar-refractivity contribution in [3.63, 3.8) is 0 Å². The van der Waals surface area contributed by atoms with Crippen LogP contribution in [0.1, 0.15) is 30.2 Å². The van der Waals surface area contributed by atoms with Crippen molar-refractivity contribution in [2.24, 2.45) is 11.1 Å². The summed E-state index contributed by atoms with van der Waals surface area (Å²) in [5.74, 6) is 0. The molecule has 3 heterocycles. The summed E-state index contributed by atoms with van der Waals surface area (Å²) in [6, 6.07) is 3.96. The summed E-state index contributed by atoms with van der Waals surface area (Å²) in [6.45, 7) is 0.507. The number of ether oxygens (including phenoxy) is 1. The number of nitrogens with two attached hydrogens (primary N) is 1. The maximum atomic E-state index is 10.5. The van der Waals surface area contributed by atoms with Gasteiger partial charge in [0.05, 0.1) is 18.3 Å². The van der Waals surface area contributed by atoms with Gasteiger partial charge in [-0.05, 0) is 30.7 Å². The van der Waals surface area contributed by atoms with Crippen LogP contribution in [0.2, 0.25) is 0 Å². The van der Waals surface area contributed by atoms with Gasteiger partial charge in [0.1, 0.15) is 0 Å². The first kappa shape index (κ1) is 10.7. The van der Waals surface area contributed by atoms with Gasteiger partial charge in [0.25, 0.3) is 0 Å². The zero-order valence-corrected chi connectivity index (χ0v) is 9.95. The molecule has 3 N–H and O–H groups in total. The lowest BCUT2D eigenvalue weighted by atomic mass is 9.69. The van der Waals surface area contributed by atoms with Crippen LogP contribution in [0.3, 0.4) is 0 Å². The van der Waals surface area contributed by atoms with Crippen molar-refractivity contribution in [3.8, 4) is 0 Å². The Morgan fingerprint density at radius 3 is 3.00 bits per heavy atom. The fourth-order valence-electron chi connectivity index (χ4n) is 3.18. The molecule has 0 radical (unpaired) electrons. The molecule has 0 amide bonds. The molecule has 0 saturated carbocycles. The van der Waals surface area contributed by atoms with Crippen molar-refractivity contribution in [2.45, 2.75) is 37.6 Å². The van der Waals surface area contributed by atoms with E-state index in [1.807, 2.05) is 17.5 Å². The molecule has 2 aliphatic heterocycles. The Morgan fingerprint density at radius 2 is 2.50 bits per heavy atom. The van der Waals surface area contributed by atoms with Gasteiger partial charge in [-0.25, -0.2) is 0 Å². The molecule has 3 rings (SSSR count). The second-order valence-corrected chi connectivity index (χ2v) is 5.86. The molecule has 4 atom stereocenters. The SMILES string of the molecule is NCC1(C(O)c2cccs2)CC2CCC1O2. The van der Waals surface area contributed by atoms with Gasteiger partial charge in [-0.15, -0.1) is 11.3 Å². The van der Waals surface area contributed by atoms with E-state index in [4.69, 9.17) is 10.5 Å². The highest BCUT2D eigenvalue weighted by Gasteiger charge is 2.55. The summed E-state index contributed by atoms with van der Waals surface area (Å²) in [5.41, 5.74) is 5.68. The Morgan fingerprint density at radius 1 is 1.62 bits per heavy atom. The summed E-state index contributed by atoms with van der Waals surface area (Å²) >= 11 is 1.60. The number of aliphatic hydroxyl groups excluding tert-OH is 1. The first-order valence-electron chi connectivity index (χ1n) is 5.83. The molecule has 0 aliphatic carbocycles. The first-order valence-corrected chi connectivity index (χ1v) is 6.71. The normalized spacial score (nSPS) is 39.1. The van der Waals surface area contributed by atoms with Gasteiger partial charge in [-0.1, -0.05) is 6.07 Å². The molecule has 0 spiro atoms. The molecule has 0 aromatic carbocycles. The average Bonchev–Trinajstić information content (AvgIpc) is 3.03. The minimum Gasteiger partial charge on any atom is -0.387 e. The van der Waals surface area contributed by atoms with E-state index in [2.05, 4.69) is 0 Å². The van der Waals surface area contributed by atoms with Crippen LogP contribution >= 0.6 is 11.3 Å². The van der Waals surface area contributed by atoms with Gasteiger partial charge < -0.3 is 15.6 Å². The van der Waals surface area contributed by atoms with Crippen LogP contribution < -0.4 is 5.73 Å². The average molecular weight is 239 g/mol. The smallest absolute Gasteiger partial charge is 0.0975 e. The van der Waals surface area contributed by atoms with Gasteiger partial charge >= 0.3 is 0 Å². The van der Waals surface area contributed by atoms with Crippen LogP contribution in [-0.2, 0) is 4.74 Å². The fraction of sp³-hybridized carbons (Fsp3) is 0.667. The fourth-order valence-corrected chi connectivity index (χ4v) is 4.01. The largest absolute Gasteiger partial charge is 0.387 e. The summed E-state index contributed by atoms with van der Waals surface area (Å²) in [4.78, 5) is 1.02. The molecule has 1 aromatic heterocycles. The Kier molecular flexibility index (Phi) is 2.55. The number of fused-ring (bicyclic) bond motifs is 2. The molecule has 4 heteroatoms. The van der Waals surface area contributed by atoms with Crippen LogP contribution in [0.15, 0.2) is 17.5 Å². The van der Waals surface area contributed by atoms with Crippen molar-refractivity contribution in [2.75, 3.05) is 6.54 Å². The van der Waals surface area contributed by atoms with E-state index in [1.54, 1.807) is 11.3 Å². The molecular formula is C12H17NO2S. The Labute approximate surface area is 99.2 Å². The molecule has 3 nitrogen and oxygen atoms in total. The minimum atomic E-state index is -0.465. The lowest BCUT2D eigenvalue weighted by molar-refractivity contribution is -0.0245. The number of rotatable bonds is 3. The highest BCUT2D eigenvalue weighted by Crippen LogP contribution is 2.54. The lowest BCUT2D eigenvalue weighted by Crippen LogP contribution is -2.44. The highest BCUT2D eigenvalue weighted by atomic mass is 32.1. The van der Waals surface area contributed by atoms with Gasteiger partial charge in [0.2, 0.25) is 0 Å². The third kappa shape index (κ3) is 1.37. The van der Waals surface area contributed by atoms with Crippen LogP contribution in [0, 0.1) is 5.41 Å². The van der Waals surface area contributed by atoms with E-state index in [0.717, 1.165) is 24.1 Å². The molecule has 2 fully saturated rings. The van der Waals surface area contributed by atoms with Crippen LogP contribution in [-0.4, -0.2) is 23.9 Å². The Hall–Kier alpha value is -0.420.